The van der Waals surface area contributed by atoms with Crippen LogP contribution in [0.15, 0.2) is 24.3 Å². The second-order valence-electron chi connectivity index (χ2n) is 7.25. The van der Waals surface area contributed by atoms with Crippen LogP contribution in [0.3, 0.4) is 0 Å². The van der Waals surface area contributed by atoms with E-state index in [4.69, 9.17) is 4.74 Å². The van der Waals surface area contributed by atoms with Crippen LogP contribution in [-0.2, 0) is 4.74 Å². The third-order valence-corrected chi connectivity index (χ3v) is 4.37. The zero-order chi connectivity index (χ0) is 17.9. The van der Waals surface area contributed by atoms with Crippen molar-refractivity contribution in [2.45, 2.75) is 38.8 Å². The van der Waals surface area contributed by atoms with E-state index in [0.717, 1.165) is 5.56 Å². The van der Waals surface area contributed by atoms with Crippen LogP contribution < -0.4 is 0 Å². The molecule has 0 bridgehead atoms. The van der Waals surface area contributed by atoms with Gasteiger partial charge in [0.2, 0.25) is 0 Å². The fourth-order valence-corrected chi connectivity index (χ4v) is 3.24. The number of aliphatic hydroxyl groups is 2. The van der Waals surface area contributed by atoms with E-state index < -0.39 is 17.7 Å². The van der Waals surface area contributed by atoms with Crippen molar-refractivity contribution >= 4 is 6.09 Å². The Hall–Kier alpha value is -1.66. The summed E-state index contributed by atoms with van der Waals surface area (Å²) in [5, 5.41) is 19.5. The summed E-state index contributed by atoms with van der Waals surface area (Å²) < 4.78 is 18.7. The summed E-state index contributed by atoms with van der Waals surface area (Å²) in [6, 6.07) is 5.43. The van der Waals surface area contributed by atoms with Crippen molar-refractivity contribution < 1.29 is 24.1 Å². The maximum Gasteiger partial charge on any atom is 0.410 e. The number of carbonyl (C=O) groups is 1. The SMILES string of the molecule is CC(C)(C)OC(=O)N1CCC(CO)[C@@H](CO)C1c1ccc(F)cc1. The van der Waals surface area contributed by atoms with Gasteiger partial charge in [0.15, 0.2) is 0 Å². The molecule has 0 aromatic heterocycles. The average molecular weight is 339 g/mol. The molecule has 2 unspecified atom stereocenters. The molecule has 1 fully saturated rings. The Kier molecular flexibility index (Phi) is 5.83. The van der Waals surface area contributed by atoms with E-state index in [1.54, 1.807) is 37.8 Å². The molecule has 0 radical (unpaired) electrons. The highest BCUT2D eigenvalue weighted by atomic mass is 19.1. The standard InChI is InChI=1S/C18H26FNO4/c1-18(2,3)24-17(23)20-9-8-13(10-21)15(11-22)16(20)12-4-6-14(19)7-5-12/h4-7,13,15-16,21-22H,8-11H2,1-3H3/t13?,15-,16?/m1/s1. The number of ether oxygens (including phenoxy) is 1. The third-order valence-electron chi connectivity index (χ3n) is 4.37. The molecule has 134 valence electrons. The lowest BCUT2D eigenvalue weighted by molar-refractivity contribution is -0.0318. The lowest BCUT2D eigenvalue weighted by atomic mass is 9.77. The topological polar surface area (TPSA) is 70.0 Å². The number of nitrogens with zero attached hydrogens (tertiary/aromatic N) is 1. The Morgan fingerprint density at radius 3 is 2.38 bits per heavy atom. The van der Waals surface area contributed by atoms with Crippen LogP contribution in [0.25, 0.3) is 0 Å². The summed E-state index contributed by atoms with van der Waals surface area (Å²) in [5.74, 6) is -0.817. The molecule has 1 aromatic carbocycles. The molecular formula is C18H26FNO4. The normalized spacial score (nSPS) is 24.8. The number of piperidine rings is 1. The van der Waals surface area contributed by atoms with Gasteiger partial charge in [-0.25, -0.2) is 9.18 Å². The molecule has 2 rings (SSSR count). The van der Waals surface area contributed by atoms with Crippen molar-refractivity contribution in [2.75, 3.05) is 19.8 Å². The Bertz CT molecular complexity index is 555. The van der Waals surface area contributed by atoms with Crippen molar-refractivity contribution in [3.8, 4) is 0 Å². The van der Waals surface area contributed by atoms with Crippen LogP contribution in [0.5, 0.6) is 0 Å². The molecule has 24 heavy (non-hydrogen) atoms. The highest BCUT2D eigenvalue weighted by Crippen LogP contribution is 2.40. The summed E-state index contributed by atoms with van der Waals surface area (Å²) in [5.41, 5.74) is 0.0897. The van der Waals surface area contributed by atoms with E-state index in [-0.39, 0.29) is 30.9 Å². The molecule has 1 aliphatic rings. The first kappa shape index (κ1) is 18.7. The van der Waals surface area contributed by atoms with Gasteiger partial charge in [0, 0.05) is 25.7 Å². The van der Waals surface area contributed by atoms with Gasteiger partial charge < -0.3 is 19.8 Å². The monoisotopic (exact) mass is 339 g/mol. The summed E-state index contributed by atoms with van der Waals surface area (Å²) in [4.78, 5) is 14.2. The van der Waals surface area contributed by atoms with Crippen LogP contribution in [0, 0.1) is 17.7 Å². The summed E-state index contributed by atoms with van der Waals surface area (Å²) in [6.45, 7) is 5.56. The van der Waals surface area contributed by atoms with Crippen LogP contribution in [-0.4, -0.2) is 46.6 Å². The minimum absolute atomic E-state index is 0.0644. The maximum absolute atomic E-state index is 13.3. The molecule has 6 heteroatoms. The van der Waals surface area contributed by atoms with E-state index in [1.807, 2.05) is 0 Å². The number of benzene rings is 1. The Morgan fingerprint density at radius 2 is 1.88 bits per heavy atom. The highest BCUT2D eigenvalue weighted by Gasteiger charge is 2.41. The summed E-state index contributed by atoms with van der Waals surface area (Å²) in [6.07, 6.45) is 0.116. The molecule has 0 saturated carbocycles. The van der Waals surface area contributed by atoms with Gasteiger partial charge in [-0.05, 0) is 50.8 Å². The summed E-state index contributed by atoms with van der Waals surface area (Å²) >= 11 is 0. The van der Waals surface area contributed by atoms with Crippen molar-refractivity contribution in [2.24, 2.45) is 11.8 Å². The lowest BCUT2D eigenvalue weighted by Gasteiger charge is -2.44. The van der Waals surface area contributed by atoms with Gasteiger partial charge in [-0.15, -0.1) is 0 Å². The van der Waals surface area contributed by atoms with E-state index >= 15 is 0 Å². The molecule has 2 N–H and O–H groups in total. The molecular weight excluding hydrogens is 313 g/mol. The van der Waals surface area contributed by atoms with E-state index in [2.05, 4.69) is 0 Å². The van der Waals surface area contributed by atoms with E-state index in [0.29, 0.717) is 13.0 Å². The number of likely N-dealkylation sites (tertiary alicyclic amines) is 1. The second-order valence-corrected chi connectivity index (χ2v) is 7.25. The lowest BCUT2D eigenvalue weighted by Crippen LogP contribution is -2.49. The molecule has 0 aliphatic carbocycles. The zero-order valence-corrected chi connectivity index (χ0v) is 14.4. The van der Waals surface area contributed by atoms with Crippen molar-refractivity contribution in [1.29, 1.82) is 0 Å². The quantitative estimate of drug-likeness (QED) is 0.888. The first-order valence-electron chi connectivity index (χ1n) is 8.23. The molecule has 0 spiro atoms. The van der Waals surface area contributed by atoms with Crippen molar-refractivity contribution in [3.05, 3.63) is 35.6 Å². The third kappa shape index (κ3) is 4.24. The molecule has 5 nitrogen and oxygen atoms in total. The number of hydrogen-bond acceptors (Lipinski definition) is 4. The Labute approximate surface area is 142 Å². The van der Waals surface area contributed by atoms with Gasteiger partial charge in [0.05, 0.1) is 6.04 Å². The molecule has 3 atom stereocenters. The molecule has 1 aliphatic heterocycles. The Morgan fingerprint density at radius 1 is 1.25 bits per heavy atom. The molecule has 1 saturated heterocycles. The average Bonchev–Trinajstić information content (AvgIpc) is 2.52. The number of rotatable bonds is 3. The fraction of sp³-hybridized carbons (Fsp3) is 0.611. The maximum atomic E-state index is 13.3. The molecule has 1 amide bonds. The van der Waals surface area contributed by atoms with E-state index in [1.165, 1.54) is 12.1 Å². The van der Waals surface area contributed by atoms with Gasteiger partial charge in [-0.2, -0.15) is 0 Å². The second kappa shape index (κ2) is 7.49. The van der Waals surface area contributed by atoms with Gasteiger partial charge in [-0.1, -0.05) is 12.1 Å². The smallest absolute Gasteiger partial charge is 0.410 e. The molecule has 1 heterocycles. The number of aliphatic hydroxyl groups excluding tert-OH is 2. The highest BCUT2D eigenvalue weighted by molar-refractivity contribution is 5.69. The van der Waals surface area contributed by atoms with E-state index in [9.17, 15) is 19.4 Å². The van der Waals surface area contributed by atoms with Crippen molar-refractivity contribution in [3.63, 3.8) is 0 Å². The van der Waals surface area contributed by atoms with Crippen LogP contribution in [0.4, 0.5) is 9.18 Å². The van der Waals surface area contributed by atoms with Gasteiger partial charge in [0.25, 0.3) is 0 Å². The predicted octanol–water partition coefficient (Wildman–Crippen LogP) is 2.72. The fourth-order valence-electron chi connectivity index (χ4n) is 3.24. The van der Waals surface area contributed by atoms with Crippen LogP contribution in [0.1, 0.15) is 38.8 Å². The van der Waals surface area contributed by atoms with Gasteiger partial charge in [-0.3, -0.25) is 0 Å². The van der Waals surface area contributed by atoms with Gasteiger partial charge in [0.1, 0.15) is 11.4 Å². The first-order chi connectivity index (χ1) is 11.3. The van der Waals surface area contributed by atoms with Crippen molar-refractivity contribution in [1.82, 2.24) is 4.90 Å². The minimum Gasteiger partial charge on any atom is -0.444 e. The largest absolute Gasteiger partial charge is 0.444 e. The number of hydrogen-bond donors (Lipinski definition) is 2. The predicted molar refractivity (Wildman–Crippen MR) is 87.8 cm³/mol. The number of halogens is 1. The van der Waals surface area contributed by atoms with Crippen LogP contribution in [0.2, 0.25) is 0 Å². The number of carbonyl (C=O) groups excluding carboxylic acids is 1. The summed E-state index contributed by atoms with van der Waals surface area (Å²) in [7, 11) is 0. The molecule has 1 aromatic rings. The Balaban J connectivity index is 2.36. The number of amides is 1. The first-order valence-corrected chi connectivity index (χ1v) is 8.23. The minimum atomic E-state index is -0.632. The van der Waals surface area contributed by atoms with Crippen LogP contribution >= 0.6 is 0 Å². The zero-order valence-electron chi connectivity index (χ0n) is 14.4. The van der Waals surface area contributed by atoms with Gasteiger partial charge >= 0.3 is 6.09 Å².